The summed E-state index contributed by atoms with van der Waals surface area (Å²) in [5.41, 5.74) is 6.07. The van der Waals surface area contributed by atoms with Gasteiger partial charge >= 0.3 is 5.91 Å². The van der Waals surface area contributed by atoms with Gasteiger partial charge in [0, 0.05) is 22.7 Å². The van der Waals surface area contributed by atoms with E-state index in [1.54, 1.807) is 28.9 Å². The molecule has 0 saturated carbocycles. The molecule has 0 spiro atoms. The maximum Gasteiger partial charge on any atom is 0.309 e. The second-order valence-electron chi connectivity index (χ2n) is 7.36. The molecule has 9 nitrogen and oxygen atoms in total. The molecular weight excluding hydrogens is 432 g/mol. The molecule has 0 fully saturated rings. The molecular formula is C25H18N6O3. The monoisotopic (exact) mass is 450 g/mol. The summed E-state index contributed by atoms with van der Waals surface area (Å²) in [6.07, 6.45) is 1.31. The third kappa shape index (κ3) is 3.93. The lowest BCUT2D eigenvalue weighted by atomic mass is 10.1. The third-order valence-corrected chi connectivity index (χ3v) is 5.17. The van der Waals surface area contributed by atoms with Crippen molar-refractivity contribution in [3.63, 3.8) is 0 Å². The first-order valence-corrected chi connectivity index (χ1v) is 10.4. The predicted octanol–water partition coefficient (Wildman–Crippen LogP) is 2.85. The summed E-state index contributed by atoms with van der Waals surface area (Å²) in [7, 11) is 0. The number of aromatic amines is 1. The molecule has 3 aromatic carbocycles. The second kappa shape index (κ2) is 8.83. The smallest absolute Gasteiger partial charge is 0.309 e. The Labute approximate surface area is 193 Å². The first kappa shape index (κ1) is 20.8. The van der Waals surface area contributed by atoms with Crippen molar-refractivity contribution in [1.29, 1.82) is 0 Å². The number of H-pyrrole nitrogens is 1. The Hall–Kier alpha value is -5.05. The molecule has 0 unspecified atom stereocenters. The minimum atomic E-state index is -0.758. The van der Waals surface area contributed by atoms with E-state index < -0.39 is 17.2 Å². The molecule has 2 amide bonds. The standard InChI is InChI=1S/C25H18N6O3/c32-21-18-13-7-8-14-20(18)26-15-19(21)24(33)28-29-25(34)22-27-23(16-9-3-1-4-10-16)31(30-22)17-11-5-2-6-12-17/h1-15H,(H,26,32)(H,28,33)(H,29,34). The number of hydrogen-bond acceptors (Lipinski definition) is 5. The van der Waals surface area contributed by atoms with E-state index >= 15 is 0 Å². The molecule has 2 heterocycles. The number of aromatic nitrogens is 4. The lowest BCUT2D eigenvalue weighted by molar-refractivity contribution is 0.0840. The maximum atomic E-state index is 12.8. The van der Waals surface area contributed by atoms with E-state index in [-0.39, 0.29) is 11.4 Å². The van der Waals surface area contributed by atoms with Gasteiger partial charge in [-0.3, -0.25) is 25.2 Å². The quantitative estimate of drug-likeness (QED) is 0.364. The van der Waals surface area contributed by atoms with Gasteiger partial charge in [-0.25, -0.2) is 9.67 Å². The summed E-state index contributed by atoms with van der Waals surface area (Å²) >= 11 is 0. The molecule has 0 aliphatic rings. The number of carbonyl (C=O) groups excluding carboxylic acids is 2. The Balaban J connectivity index is 1.40. The summed E-state index contributed by atoms with van der Waals surface area (Å²) in [5.74, 6) is -1.16. The van der Waals surface area contributed by atoms with Gasteiger partial charge < -0.3 is 4.98 Å². The Morgan fingerprint density at radius 2 is 1.44 bits per heavy atom. The molecule has 5 aromatic rings. The Kier molecular flexibility index (Phi) is 5.41. The summed E-state index contributed by atoms with van der Waals surface area (Å²) < 4.78 is 1.56. The highest BCUT2D eigenvalue weighted by molar-refractivity contribution is 5.99. The van der Waals surface area contributed by atoms with Crippen molar-refractivity contribution < 1.29 is 9.59 Å². The molecule has 0 radical (unpaired) electrons. The van der Waals surface area contributed by atoms with E-state index in [9.17, 15) is 14.4 Å². The van der Waals surface area contributed by atoms with E-state index in [0.29, 0.717) is 16.7 Å². The molecule has 0 aliphatic heterocycles. The maximum absolute atomic E-state index is 12.8. The highest BCUT2D eigenvalue weighted by Crippen LogP contribution is 2.20. The number of nitrogens with one attached hydrogen (secondary N) is 3. The van der Waals surface area contributed by atoms with E-state index in [1.807, 2.05) is 60.7 Å². The summed E-state index contributed by atoms with van der Waals surface area (Å²) in [6.45, 7) is 0. The molecule has 3 N–H and O–H groups in total. The zero-order valence-electron chi connectivity index (χ0n) is 17.7. The third-order valence-electron chi connectivity index (χ3n) is 5.17. The largest absolute Gasteiger partial charge is 0.360 e. The van der Waals surface area contributed by atoms with Gasteiger partial charge in [-0.15, -0.1) is 5.10 Å². The molecule has 166 valence electrons. The van der Waals surface area contributed by atoms with E-state index in [2.05, 4.69) is 25.9 Å². The van der Waals surface area contributed by atoms with Gasteiger partial charge in [-0.2, -0.15) is 0 Å². The highest BCUT2D eigenvalue weighted by atomic mass is 16.2. The number of hydrogen-bond donors (Lipinski definition) is 3. The number of carbonyl (C=O) groups is 2. The highest BCUT2D eigenvalue weighted by Gasteiger charge is 2.20. The summed E-state index contributed by atoms with van der Waals surface area (Å²) in [4.78, 5) is 45.2. The van der Waals surface area contributed by atoms with Gasteiger partial charge in [0.05, 0.1) is 5.69 Å². The van der Waals surface area contributed by atoms with Crippen molar-refractivity contribution in [2.24, 2.45) is 0 Å². The molecule has 0 bridgehead atoms. The van der Waals surface area contributed by atoms with Crippen LogP contribution in [0.5, 0.6) is 0 Å². The fourth-order valence-corrected chi connectivity index (χ4v) is 3.50. The van der Waals surface area contributed by atoms with Gasteiger partial charge in [0.1, 0.15) is 5.56 Å². The summed E-state index contributed by atoms with van der Waals surface area (Å²) in [6, 6.07) is 25.4. The van der Waals surface area contributed by atoms with Gasteiger partial charge in [-0.1, -0.05) is 60.7 Å². The number of rotatable bonds is 4. The number of benzene rings is 3. The van der Waals surface area contributed by atoms with E-state index in [0.717, 1.165) is 11.3 Å². The summed E-state index contributed by atoms with van der Waals surface area (Å²) in [5, 5.41) is 4.71. The van der Waals surface area contributed by atoms with E-state index in [4.69, 9.17) is 0 Å². The Bertz CT molecular complexity index is 1500. The van der Waals surface area contributed by atoms with Crippen molar-refractivity contribution in [3.05, 3.63) is 113 Å². The molecule has 34 heavy (non-hydrogen) atoms. The van der Waals surface area contributed by atoms with Crippen molar-refractivity contribution in [3.8, 4) is 17.1 Å². The number of pyridine rings is 1. The number of amides is 2. The second-order valence-corrected chi connectivity index (χ2v) is 7.36. The Morgan fingerprint density at radius 1 is 0.794 bits per heavy atom. The van der Waals surface area contributed by atoms with Gasteiger partial charge in [-0.05, 0) is 24.3 Å². The van der Waals surface area contributed by atoms with Crippen LogP contribution in [-0.2, 0) is 0 Å². The van der Waals surface area contributed by atoms with Crippen LogP contribution in [0.4, 0.5) is 0 Å². The molecule has 5 rings (SSSR count). The minimum absolute atomic E-state index is 0.133. The molecule has 0 saturated heterocycles. The van der Waals surface area contributed by atoms with Crippen molar-refractivity contribution in [2.45, 2.75) is 0 Å². The topological polar surface area (TPSA) is 122 Å². The van der Waals surface area contributed by atoms with Crippen LogP contribution in [0.15, 0.2) is 95.9 Å². The lowest BCUT2D eigenvalue weighted by Crippen LogP contribution is -2.43. The molecule has 0 atom stereocenters. The predicted molar refractivity (Wildman–Crippen MR) is 126 cm³/mol. The first-order valence-electron chi connectivity index (χ1n) is 10.4. The number of hydrazine groups is 1. The van der Waals surface area contributed by atoms with Crippen LogP contribution in [0.2, 0.25) is 0 Å². The minimum Gasteiger partial charge on any atom is -0.360 e. The van der Waals surface area contributed by atoms with Crippen LogP contribution in [-0.4, -0.2) is 31.6 Å². The van der Waals surface area contributed by atoms with Crippen LogP contribution in [0, 0.1) is 0 Å². The Morgan fingerprint density at radius 3 is 2.21 bits per heavy atom. The van der Waals surface area contributed by atoms with Crippen molar-refractivity contribution in [1.82, 2.24) is 30.6 Å². The average molecular weight is 450 g/mol. The average Bonchev–Trinajstić information content (AvgIpc) is 3.34. The fraction of sp³-hybridized carbons (Fsp3) is 0. The zero-order chi connectivity index (χ0) is 23.5. The van der Waals surface area contributed by atoms with Crippen LogP contribution in [0.1, 0.15) is 21.0 Å². The van der Waals surface area contributed by atoms with Crippen LogP contribution in [0.3, 0.4) is 0 Å². The molecule has 9 heteroatoms. The van der Waals surface area contributed by atoms with Crippen LogP contribution >= 0.6 is 0 Å². The van der Waals surface area contributed by atoms with Crippen LogP contribution < -0.4 is 16.3 Å². The van der Waals surface area contributed by atoms with E-state index in [1.165, 1.54) is 6.20 Å². The number of para-hydroxylation sites is 2. The first-order chi connectivity index (χ1) is 16.6. The SMILES string of the molecule is O=C(NNC(=O)c1c[nH]c2ccccc2c1=O)c1nc(-c2ccccc2)n(-c2ccccc2)n1. The van der Waals surface area contributed by atoms with Crippen molar-refractivity contribution >= 4 is 22.7 Å². The van der Waals surface area contributed by atoms with Crippen LogP contribution in [0.25, 0.3) is 28.0 Å². The van der Waals surface area contributed by atoms with Gasteiger partial charge in [0.15, 0.2) is 5.82 Å². The molecule has 2 aromatic heterocycles. The normalized spacial score (nSPS) is 10.7. The van der Waals surface area contributed by atoms with Crippen molar-refractivity contribution in [2.75, 3.05) is 0 Å². The molecule has 0 aliphatic carbocycles. The number of nitrogens with zero attached hydrogens (tertiary/aromatic N) is 3. The van der Waals surface area contributed by atoms with Gasteiger partial charge in [0.2, 0.25) is 11.3 Å². The number of fused-ring (bicyclic) bond motifs is 1. The zero-order valence-corrected chi connectivity index (χ0v) is 17.7. The van der Waals surface area contributed by atoms with Gasteiger partial charge in [0.25, 0.3) is 5.91 Å². The fourth-order valence-electron chi connectivity index (χ4n) is 3.50. The lowest BCUT2D eigenvalue weighted by Gasteiger charge is -2.06.